The minimum atomic E-state index is -0.0724. The highest BCUT2D eigenvalue weighted by atomic mass is 32.1. The van der Waals surface area contributed by atoms with Gasteiger partial charge in [0.1, 0.15) is 5.75 Å². The third kappa shape index (κ3) is 3.28. The van der Waals surface area contributed by atoms with Gasteiger partial charge in [-0.05, 0) is 58.3 Å². The quantitative estimate of drug-likeness (QED) is 0.379. The predicted molar refractivity (Wildman–Crippen MR) is 123 cm³/mol. The molecule has 1 aliphatic rings. The fourth-order valence-electron chi connectivity index (χ4n) is 3.54. The first-order valence-electron chi connectivity index (χ1n) is 9.16. The molecule has 3 heterocycles. The van der Waals surface area contributed by atoms with Gasteiger partial charge in [0.05, 0.1) is 7.11 Å². The molecule has 29 heavy (non-hydrogen) atoms. The van der Waals surface area contributed by atoms with E-state index in [4.69, 9.17) is 4.74 Å². The third-order valence-electron chi connectivity index (χ3n) is 4.93. The number of anilines is 1. The molecule has 1 amide bonds. The molecule has 0 bridgehead atoms. The van der Waals surface area contributed by atoms with Crippen molar-refractivity contribution in [3.05, 3.63) is 82.6 Å². The lowest BCUT2D eigenvalue weighted by Crippen LogP contribution is -2.03. The molecule has 4 aromatic rings. The van der Waals surface area contributed by atoms with E-state index in [1.807, 2.05) is 47.9 Å². The van der Waals surface area contributed by atoms with Gasteiger partial charge >= 0.3 is 0 Å². The van der Waals surface area contributed by atoms with Crippen LogP contribution >= 0.6 is 22.7 Å². The van der Waals surface area contributed by atoms with Crippen LogP contribution in [0.3, 0.4) is 0 Å². The van der Waals surface area contributed by atoms with Gasteiger partial charge in [0.15, 0.2) is 0 Å². The van der Waals surface area contributed by atoms with Crippen molar-refractivity contribution >= 4 is 45.9 Å². The fraction of sp³-hybridized carbons (Fsp3) is 0.0417. The van der Waals surface area contributed by atoms with Gasteiger partial charge in [0, 0.05) is 32.1 Å². The Morgan fingerprint density at radius 3 is 2.41 bits per heavy atom. The normalized spacial score (nSPS) is 14.1. The van der Waals surface area contributed by atoms with Crippen LogP contribution in [0.5, 0.6) is 5.75 Å². The largest absolute Gasteiger partial charge is 0.496 e. The smallest absolute Gasteiger partial charge is 0.256 e. The van der Waals surface area contributed by atoms with E-state index in [0.29, 0.717) is 5.57 Å². The molecule has 0 aliphatic carbocycles. The van der Waals surface area contributed by atoms with E-state index < -0.39 is 0 Å². The summed E-state index contributed by atoms with van der Waals surface area (Å²) in [6.45, 7) is 0. The molecule has 0 atom stereocenters. The van der Waals surface area contributed by atoms with Gasteiger partial charge in [0.2, 0.25) is 0 Å². The zero-order chi connectivity index (χ0) is 19.8. The van der Waals surface area contributed by atoms with E-state index in [0.717, 1.165) is 38.6 Å². The number of ether oxygens (including phenoxy) is 1. The minimum Gasteiger partial charge on any atom is -0.496 e. The Balaban J connectivity index is 1.55. The van der Waals surface area contributed by atoms with Gasteiger partial charge in [-0.15, -0.1) is 22.7 Å². The van der Waals surface area contributed by atoms with Gasteiger partial charge in [-0.3, -0.25) is 4.79 Å². The molecule has 2 aromatic heterocycles. The number of hydrogen-bond acceptors (Lipinski definition) is 4. The topological polar surface area (TPSA) is 38.3 Å². The van der Waals surface area contributed by atoms with E-state index in [9.17, 15) is 4.79 Å². The molecule has 0 fully saturated rings. The highest BCUT2D eigenvalue weighted by molar-refractivity contribution is 7.13. The van der Waals surface area contributed by atoms with Gasteiger partial charge in [0.25, 0.3) is 5.91 Å². The first kappa shape index (κ1) is 17.9. The fourth-order valence-corrected chi connectivity index (χ4v) is 5.01. The summed E-state index contributed by atoms with van der Waals surface area (Å²) in [7, 11) is 1.68. The predicted octanol–water partition coefficient (Wildman–Crippen LogP) is 6.64. The molecule has 5 rings (SSSR count). The summed E-state index contributed by atoms with van der Waals surface area (Å²) in [5.41, 5.74) is 5.59. The first-order chi connectivity index (χ1) is 14.2. The zero-order valence-electron chi connectivity index (χ0n) is 15.6. The average molecular weight is 416 g/mol. The molecular formula is C24H17NO2S2. The molecule has 142 valence electrons. The van der Waals surface area contributed by atoms with Crippen LogP contribution < -0.4 is 10.1 Å². The minimum absolute atomic E-state index is 0.0724. The number of carbonyl (C=O) groups excluding carboxylic acids is 1. The van der Waals surface area contributed by atoms with E-state index in [2.05, 4.69) is 35.0 Å². The average Bonchev–Trinajstić information content (AvgIpc) is 3.50. The molecule has 0 saturated carbocycles. The Hall–Kier alpha value is -3.15. The summed E-state index contributed by atoms with van der Waals surface area (Å²) >= 11 is 3.36. The SMILES string of the molecule is COc1ccc(/C=C2/C(=O)Nc3cc(-c4cccs4)ccc32)cc1-c1cccs1. The molecule has 0 radical (unpaired) electrons. The van der Waals surface area contributed by atoms with Gasteiger partial charge in [-0.25, -0.2) is 0 Å². The maximum atomic E-state index is 12.7. The Labute approximate surface area is 176 Å². The van der Waals surface area contributed by atoms with E-state index >= 15 is 0 Å². The van der Waals surface area contributed by atoms with Crippen LogP contribution in [0.4, 0.5) is 5.69 Å². The Morgan fingerprint density at radius 1 is 0.897 bits per heavy atom. The van der Waals surface area contributed by atoms with Crippen molar-refractivity contribution in [2.75, 3.05) is 12.4 Å². The van der Waals surface area contributed by atoms with Crippen molar-refractivity contribution in [2.24, 2.45) is 0 Å². The van der Waals surface area contributed by atoms with Crippen LogP contribution in [0, 0.1) is 0 Å². The van der Waals surface area contributed by atoms with Crippen LogP contribution in [-0.2, 0) is 4.79 Å². The molecule has 0 unspecified atom stereocenters. The highest BCUT2D eigenvalue weighted by Gasteiger charge is 2.24. The second kappa shape index (κ2) is 7.35. The maximum Gasteiger partial charge on any atom is 0.256 e. The number of carbonyl (C=O) groups is 1. The number of hydrogen-bond donors (Lipinski definition) is 1. The summed E-state index contributed by atoms with van der Waals surface area (Å²) < 4.78 is 5.53. The van der Waals surface area contributed by atoms with Crippen molar-refractivity contribution in [1.82, 2.24) is 0 Å². The van der Waals surface area contributed by atoms with E-state index in [1.165, 1.54) is 4.88 Å². The number of amides is 1. The van der Waals surface area contributed by atoms with Crippen molar-refractivity contribution in [2.45, 2.75) is 0 Å². The summed E-state index contributed by atoms with van der Waals surface area (Å²) in [5.74, 6) is 0.753. The lowest BCUT2D eigenvalue weighted by molar-refractivity contribution is -0.110. The molecule has 0 spiro atoms. The van der Waals surface area contributed by atoms with Crippen LogP contribution in [0.15, 0.2) is 71.4 Å². The van der Waals surface area contributed by atoms with Crippen LogP contribution in [0.1, 0.15) is 11.1 Å². The molecular weight excluding hydrogens is 398 g/mol. The maximum absolute atomic E-state index is 12.7. The van der Waals surface area contributed by atoms with Gasteiger partial charge < -0.3 is 10.1 Å². The number of rotatable bonds is 4. The van der Waals surface area contributed by atoms with Crippen molar-refractivity contribution in [3.63, 3.8) is 0 Å². The number of thiophene rings is 2. The van der Waals surface area contributed by atoms with E-state index in [1.54, 1.807) is 29.8 Å². The van der Waals surface area contributed by atoms with Crippen molar-refractivity contribution in [3.8, 4) is 26.6 Å². The summed E-state index contributed by atoms with van der Waals surface area (Å²) in [6.07, 6.45) is 1.95. The third-order valence-corrected chi connectivity index (χ3v) is 6.75. The molecule has 0 saturated heterocycles. The van der Waals surface area contributed by atoms with Gasteiger partial charge in [-0.2, -0.15) is 0 Å². The van der Waals surface area contributed by atoms with Crippen molar-refractivity contribution < 1.29 is 9.53 Å². The second-order valence-electron chi connectivity index (χ2n) is 6.69. The first-order valence-corrected chi connectivity index (χ1v) is 10.9. The van der Waals surface area contributed by atoms with Crippen LogP contribution in [0.25, 0.3) is 32.5 Å². The molecule has 1 N–H and O–H groups in total. The highest BCUT2D eigenvalue weighted by Crippen LogP contribution is 2.39. The van der Waals surface area contributed by atoms with Crippen molar-refractivity contribution in [1.29, 1.82) is 0 Å². The monoisotopic (exact) mass is 415 g/mol. The molecule has 5 heteroatoms. The standard InChI is InChI=1S/C24H17NO2S2/c1-27-21-9-6-15(13-19(21)23-5-3-11-29-23)12-18-17-8-7-16(22-4-2-10-28-22)14-20(17)25-24(18)26/h2-14H,1H3,(H,25,26)/b18-12+. The van der Waals surface area contributed by atoms with Crippen LogP contribution in [0.2, 0.25) is 0 Å². The number of methoxy groups -OCH3 is 1. The Kier molecular flexibility index (Phi) is 4.54. The van der Waals surface area contributed by atoms with E-state index in [-0.39, 0.29) is 5.91 Å². The molecule has 2 aromatic carbocycles. The molecule has 1 aliphatic heterocycles. The second-order valence-corrected chi connectivity index (χ2v) is 8.58. The number of fused-ring (bicyclic) bond motifs is 1. The lowest BCUT2D eigenvalue weighted by Gasteiger charge is -2.08. The summed E-state index contributed by atoms with van der Waals surface area (Å²) in [4.78, 5) is 15.0. The van der Waals surface area contributed by atoms with Crippen LogP contribution in [-0.4, -0.2) is 13.0 Å². The summed E-state index contributed by atoms with van der Waals surface area (Å²) in [6, 6.07) is 20.4. The zero-order valence-corrected chi connectivity index (χ0v) is 17.3. The lowest BCUT2D eigenvalue weighted by atomic mass is 10.0. The number of benzene rings is 2. The Morgan fingerprint density at radius 2 is 1.69 bits per heavy atom. The molecule has 3 nitrogen and oxygen atoms in total. The number of nitrogens with one attached hydrogen (secondary N) is 1. The Bertz CT molecular complexity index is 1220. The van der Waals surface area contributed by atoms with Gasteiger partial charge in [-0.1, -0.05) is 30.3 Å². The summed E-state index contributed by atoms with van der Waals surface area (Å²) in [5, 5.41) is 7.11.